The van der Waals surface area contributed by atoms with Gasteiger partial charge >= 0.3 is 0 Å². The Kier molecular flexibility index (Phi) is 5.54. The molecule has 2 heterocycles. The number of halogens is 2. The van der Waals surface area contributed by atoms with Gasteiger partial charge in [0.2, 0.25) is 11.0 Å². The fourth-order valence-corrected chi connectivity index (χ4v) is 4.61. The van der Waals surface area contributed by atoms with Crippen molar-refractivity contribution >= 4 is 45.7 Å². The van der Waals surface area contributed by atoms with Crippen LogP contribution in [-0.4, -0.2) is 34.3 Å². The van der Waals surface area contributed by atoms with Crippen LogP contribution < -0.4 is 10.2 Å². The molecule has 1 N–H and O–H groups in total. The molecule has 6 nitrogen and oxygen atoms in total. The second kappa shape index (κ2) is 8.26. The average molecular weight is 432 g/mol. The van der Waals surface area contributed by atoms with Crippen LogP contribution in [0.25, 0.3) is 0 Å². The van der Waals surface area contributed by atoms with Crippen LogP contribution in [0.5, 0.6) is 0 Å². The second-order valence-electron chi connectivity index (χ2n) is 6.14. The SMILES string of the molecule is O=C(Nc1nnc(SCC(=O)N2CCc3ccccc32)s1)c1c(F)cccc1F. The van der Waals surface area contributed by atoms with Gasteiger partial charge in [-0.1, -0.05) is 47.4 Å². The van der Waals surface area contributed by atoms with Gasteiger partial charge in [0.1, 0.15) is 17.2 Å². The highest BCUT2D eigenvalue weighted by atomic mass is 32.2. The summed E-state index contributed by atoms with van der Waals surface area (Å²) in [4.78, 5) is 26.4. The standard InChI is InChI=1S/C19H14F2N4O2S2/c20-12-5-3-6-13(21)16(12)17(27)22-18-23-24-19(29-18)28-10-15(26)25-9-8-11-4-1-2-7-14(11)25/h1-7H,8-10H2,(H,22,23,27). The number of carbonyl (C=O) groups excluding carboxylic acids is 2. The molecule has 0 aliphatic carbocycles. The maximum absolute atomic E-state index is 13.7. The molecule has 1 aliphatic heterocycles. The third-order valence-corrected chi connectivity index (χ3v) is 6.28. The van der Waals surface area contributed by atoms with Crippen molar-refractivity contribution in [2.45, 2.75) is 10.8 Å². The number of thioether (sulfide) groups is 1. The van der Waals surface area contributed by atoms with E-state index in [1.54, 1.807) is 4.90 Å². The van der Waals surface area contributed by atoms with E-state index in [9.17, 15) is 18.4 Å². The number of aromatic nitrogens is 2. The van der Waals surface area contributed by atoms with Gasteiger partial charge < -0.3 is 4.90 Å². The predicted molar refractivity (Wildman–Crippen MR) is 107 cm³/mol. The first-order chi connectivity index (χ1) is 14.0. The summed E-state index contributed by atoms with van der Waals surface area (Å²) in [5.74, 6) is -2.75. The van der Waals surface area contributed by atoms with Crippen LogP contribution in [0.3, 0.4) is 0 Å². The topological polar surface area (TPSA) is 75.2 Å². The van der Waals surface area contributed by atoms with Crippen LogP contribution in [0.1, 0.15) is 15.9 Å². The van der Waals surface area contributed by atoms with Gasteiger partial charge in [-0.2, -0.15) is 0 Å². The Morgan fingerprint density at radius 2 is 1.86 bits per heavy atom. The number of amides is 2. The molecular weight excluding hydrogens is 418 g/mol. The molecule has 0 fully saturated rings. The number of carbonyl (C=O) groups is 2. The van der Waals surface area contributed by atoms with Crippen molar-refractivity contribution in [1.82, 2.24) is 10.2 Å². The number of rotatable bonds is 5. The van der Waals surface area contributed by atoms with Crippen molar-refractivity contribution in [1.29, 1.82) is 0 Å². The highest BCUT2D eigenvalue weighted by molar-refractivity contribution is 8.01. The molecule has 0 saturated heterocycles. The molecular formula is C19H14F2N4O2S2. The van der Waals surface area contributed by atoms with Crippen molar-refractivity contribution in [2.75, 3.05) is 22.5 Å². The summed E-state index contributed by atoms with van der Waals surface area (Å²) >= 11 is 2.23. The summed E-state index contributed by atoms with van der Waals surface area (Å²) < 4.78 is 27.9. The van der Waals surface area contributed by atoms with Gasteiger partial charge in [0.25, 0.3) is 5.91 Å². The predicted octanol–water partition coefficient (Wildman–Crippen LogP) is 3.75. The van der Waals surface area contributed by atoms with E-state index in [0.29, 0.717) is 10.9 Å². The minimum Gasteiger partial charge on any atom is -0.311 e. The minimum atomic E-state index is -0.960. The molecule has 1 aromatic heterocycles. The van der Waals surface area contributed by atoms with Crippen molar-refractivity contribution in [2.24, 2.45) is 0 Å². The van der Waals surface area contributed by atoms with Gasteiger partial charge in [0.05, 0.1) is 5.75 Å². The first-order valence-electron chi connectivity index (χ1n) is 8.63. The maximum Gasteiger partial charge on any atom is 0.263 e. The molecule has 1 aliphatic rings. The van der Waals surface area contributed by atoms with Gasteiger partial charge in [-0.15, -0.1) is 10.2 Å². The molecule has 29 heavy (non-hydrogen) atoms. The van der Waals surface area contributed by atoms with E-state index in [0.717, 1.165) is 41.1 Å². The first-order valence-corrected chi connectivity index (χ1v) is 10.4. The minimum absolute atomic E-state index is 0.0471. The maximum atomic E-state index is 13.7. The Labute approximate surface area is 172 Å². The fraction of sp³-hybridized carbons (Fsp3) is 0.158. The lowest BCUT2D eigenvalue weighted by molar-refractivity contribution is -0.116. The largest absolute Gasteiger partial charge is 0.311 e. The van der Waals surface area contributed by atoms with Crippen LogP contribution in [0.15, 0.2) is 46.8 Å². The number of hydrogen-bond donors (Lipinski definition) is 1. The molecule has 4 rings (SSSR count). The van der Waals surface area contributed by atoms with E-state index in [-0.39, 0.29) is 16.8 Å². The molecule has 2 aromatic carbocycles. The van der Waals surface area contributed by atoms with Gasteiger partial charge in [0.15, 0.2) is 4.34 Å². The highest BCUT2D eigenvalue weighted by Gasteiger charge is 2.24. The lowest BCUT2D eigenvalue weighted by Gasteiger charge is -2.16. The monoisotopic (exact) mass is 432 g/mol. The number of benzene rings is 2. The Morgan fingerprint density at radius 3 is 2.66 bits per heavy atom. The zero-order valence-electron chi connectivity index (χ0n) is 14.9. The molecule has 0 atom stereocenters. The third-order valence-electron chi connectivity index (χ3n) is 4.32. The van der Waals surface area contributed by atoms with Crippen LogP contribution >= 0.6 is 23.1 Å². The van der Waals surface area contributed by atoms with Crippen molar-refractivity contribution in [3.63, 3.8) is 0 Å². The van der Waals surface area contributed by atoms with Crippen molar-refractivity contribution in [3.8, 4) is 0 Å². The van der Waals surface area contributed by atoms with Crippen LogP contribution in [0, 0.1) is 11.6 Å². The van der Waals surface area contributed by atoms with Crippen LogP contribution in [0.2, 0.25) is 0 Å². The smallest absolute Gasteiger partial charge is 0.263 e. The van der Waals surface area contributed by atoms with Crippen molar-refractivity contribution < 1.29 is 18.4 Å². The number of nitrogens with zero attached hydrogens (tertiary/aromatic N) is 3. The van der Waals surface area contributed by atoms with Crippen LogP contribution in [-0.2, 0) is 11.2 Å². The quantitative estimate of drug-likeness (QED) is 0.491. The summed E-state index contributed by atoms with van der Waals surface area (Å²) in [6.07, 6.45) is 0.828. The summed E-state index contributed by atoms with van der Waals surface area (Å²) in [5.41, 5.74) is 1.39. The first kappa shape index (κ1) is 19.5. The van der Waals surface area contributed by atoms with E-state index >= 15 is 0 Å². The normalized spacial score (nSPS) is 12.7. The zero-order chi connectivity index (χ0) is 20.4. The Morgan fingerprint density at radius 1 is 1.10 bits per heavy atom. The lowest BCUT2D eigenvalue weighted by atomic mass is 10.2. The summed E-state index contributed by atoms with van der Waals surface area (Å²) in [7, 11) is 0. The van der Waals surface area contributed by atoms with E-state index < -0.39 is 23.1 Å². The Balaban J connectivity index is 1.36. The number of anilines is 2. The second-order valence-corrected chi connectivity index (χ2v) is 8.34. The molecule has 3 aromatic rings. The van der Waals surface area contributed by atoms with E-state index in [4.69, 9.17) is 0 Å². The highest BCUT2D eigenvalue weighted by Crippen LogP contribution is 2.30. The number of hydrogen-bond acceptors (Lipinski definition) is 6. The summed E-state index contributed by atoms with van der Waals surface area (Å²) in [5, 5.41) is 10.1. The molecule has 2 amide bonds. The third kappa shape index (κ3) is 4.13. The fourth-order valence-electron chi connectivity index (χ4n) is 2.99. The molecule has 0 unspecified atom stereocenters. The molecule has 0 saturated carbocycles. The van der Waals surface area contributed by atoms with E-state index in [1.165, 1.54) is 17.8 Å². The van der Waals surface area contributed by atoms with Gasteiger partial charge in [-0.3, -0.25) is 14.9 Å². The van der Waals surface area contributed by atoms with E-state index in [1.807, 2.05) is 24.3 Å². The number of para-hydroxylation sites is 1. The lowest BCUT2D eigenvalue weighted by Crippen LogP contribution is -2.30. The van der Waals surface area contributed by atoms with Gasteiger partial charge in [0, 0.05) is 12.2 Å². The number of fused-ring (bicyclic) bond motifs is 1. The molecule has 0 spiro atoms. The molecule has 10 heteroatoms. The molecule has 0 bridgehead atoms. The van der Waals surface area contributed by atoms with Gasteiger partial charge in [-0.05, 0) is 30.2 Å². The van der Waals surface area contributed by atoms with Crippen molar-refractivity contribution in [3.05, 3.63) is 65.2 Å². The summed E-state index contributed by atoms with van der Waals surface area (Å²) in [6, 6.07) is 11.0. The summed E-state index contributed by atoms with van der Waals surface area (Å²) in [6.45, 7) is 0.643. The number of nitrogens with one attached hydrogen (secondary N) is 1. The molecule has 0 radical (unpaired) electrons. The van der Waals surface area contributed by atoms with Gasteiger partial charge in [-0.25, -0.2) is 8.78 Å². The Hall–Kier alpha value is -2.85. The molecule has 148 valence electrons. The zero-order valence-corrected chi connectivity index (χ0v) is 16.5. The average Bonchev–Trinajstić information content (AvgIpc) is 3.33. The van der Waals surface area contributed by atoms with E-state index in [2.05, 4.69) is 15.5 Å². The van der Waals surface area contributed by atoms with Crippen LogP contribution in [0.4, 0.5) is 19.6 Å². The Bertz CT molecular complexity index is 1070.